The van der Waals surface area contributed by atoms with Crippen molar-refractivity contribution in [2.45, 2.75) is 6.42 Å². The van der Waals surface area contributed by atoms with Crippen molar-refractivity contribution in [3.8, 4) is 0 Å². The van der Waals surface area contributed by atoms with Gasteiger partial charge in [0.25, 0.3) is 0 Å². The molecule has 4 heteroatoms. The van der Waals surface area contributed by atoms with Gasteiger partial charge in [-0.25, -0.2) is 4.39 Å². The fourth-order valence-corrected chi connectivity index (χ4v) is 2.10. The lowest BCUT2D eigenvalue weighted by Crippen LogP contribution is -2.09. The maximum absolute atomic E-state index is 13.8. The molecule has 0 saturated heterocycles. The molecule has 0 aliphatic rings. The highest BCUT2D eigenvalue weighted by molar-refractivity contribution is 6.30. The Morgan fingerprint density at radius 3 is 2.40 bits per heavy atom. The highest BCUT2D eigenvalue weighted by Gasteiger charge is 2.12. The molecule has 2 nitrogen and oxygen atoms in total. The van der Waals surface area contributed by atoms with Crippen molar-refractivity contribution >= 4 is 23.1 Å². The molecule has 0 aliphatic heterocycles. The van der Waals surface area contributed by atoms with Gasteiger partial charge in [0.2, 0.25) is 0 Å². The van der Waals surface area contributed by atoms with Gasteiger partial charge in [0.1, 0.15) is 5.82 Å². The number of rotatable bonds is 4. The van der Waals surface area contributed by atoms with Crippen LogP contribution in [0.5, 0.6) is 0 Å². The van der Waals surface area contributed by atoms with Gasteiger partial charge in [-0.3, -0.25) is 4.79 Å². The summed E-state index contributed by atoms with van der Waals surface area (Å²) in [4.78, 5) is 14.1. The first-order valence-electron chi connectivity index (χ1n) is 6.22. The maximum Gasteiger partial charge on any atom is 0.167 e. The fraction of sp³-hybridized carbons (Fsp3) is 0.188. The smallest absolute Gasteiger partial charge is 0.167 e. The number of benzene rings is 2. The molecule has 20 heavy (non-hydrogen) atoms. The van der Waals surface area contributed by atoms with E-state index in [1.54, 1.807) is 24.3 Å². The fourth-order valence-electron chi connectivity index (χ4n) is 1.91. The van der Waals surface area contributed by atoms with E-state index in [0.717, 1.165) is 5.69 Å². The minimum atomic E-state index is -0.521. The topological polar surface area (TPSA) is 20.3 Å². The van der Waals surface area contributed by atoms with Crippen LogP contribution in [0.4, 0.5) is 10.1 Å². The summed E-state index contributed by atoms with van der Waals surface area (Å²) in [5, 5.41) is 0.0401. The Labute approximate surface area is 122 Å². The third-order valence-corrected chi connectivity index (χ3v) is 3.38. The molecular weight excluding hydrogens is 277 g/mol. The van der Waals surface area contributed by atoms with Crippen LogP contribution in [0.15, 0.2) is 42.5 Å². The Balaban J connectivity index is 2.18. The lowest BCUT2D eigenvalue weighted by molar-refractivity contribution is 0.0992. The van der Waals surface area contributed by atoms with Gasteiger partial charge in [0.05, 0.1) is 5.02 Å². The number of nitrogens with zero attached hydrogens (tertiary/aromatic N) is 1. The summed E-state index contributed by atoms with van der Waals surface area (Å²) in [6.45, 7) is 0. The summed E-state index contributed by atoms with van der Waals surface area (Å²) >= 11 is 5.71. The van der Waals surface area contributed by atoms with Gasteiger partial charge in [0.15, 0.2) is 5.78 Å². The van der Waals surface area contributed by atoms with Gasteiger partial charge in [-0.15, -0.1) is 0 Å². The van der Waals surface area contributed by atoms with Crippen LogP contribution in [0.3, 0.4) is 0 Å². The number of ketones is 1. The summed E-state index contributed by atoms with van der Waals surface area (Å²) < 4.78 is 13.8. The predicted octanol–water partition coefficient (Wildman–Crippen LogP) is 3.97. The molecule has 104 valence electrons. The van der Waals surface area contributed by atoms with Crippen molar-refractivity contribution in [1.29, 1.82) is 0 Å². The summed E-state index contributed by atoms with van der Waals surface area (Å²) in [5.41, 5.74) is 1.89. The van der Waals surface area contributed by atoms with Crippen LogP contribution in [-0.4, -0.2) is 19.9 Å². The molecule has 2 aromatic rings. The van der Waals surface area contributed by atoms with Gasteiger partial charge in [-0.2, -0.15) is 0 Å². The van der Waals surface area contributed by atoms with E-state index in [4.69, 9.17) is 11.6 Å². The first-order chi connectivity index (χ1) is 9.49. The van der Waals surface area contributed by atoms with Crippen LogP contribution >= 0.6 is 11.6 Å². The average Bonchev–Trinajstić information content (AvgIpc) is 2.44. The van der Waals surface area contributed by atoms with Crippen molar-refractivity contribution in [3.63, 3.8) is 0 Å². The Kier molecular flexibility index (Phi) is 4.40. The monoisotopic (exact) mass is 291 g/mol. The third kappa shape index (κ3) is 3.17. The Bertz CT molecular complexity index is 623. The highest BCUT2D eigenvalue weighted by Crippen LogP contribution is 2.20. The highest BCUT2D eigenvalue weighted by atomic mass is 35.5. The molecule has 0 N–H and O–H groups in total. The van der Waals surface area contributed by atoms with Crippen molar-refractivity contribution in [2.75, 3.05) is 19.0 Å². The van der Waals surface area contributed by atoms with E-state index in [9.17, 15) is 9.18 Å². The number of halogens is 2. The SMILES string of the molecule is CN(C)c1ccc(C(=O)Cc2cccc(Cl)c2F)cc1. The second-order valence-corrected chi connectivity index (χ2v) is 5.16. The Morgan fingerprint density at radius 2 is 1.80 bits per heavy atom. The van der Waals surface area contributed by atoms with E-state index in [2.05, 4.69) is 0 Å². The van der Waals surface area contributed by atoms with Gasteiger partial charge in [-0.05, 0) is 35.9 Å². The molecule has 0 amide bonds. The first-order valence-corrected chi connectivity index (χ1v) is 6.60. The van der Waals surface area contributed by atoms with E-state index < -0.39 is 5.82 Å². The summed E-state index contributed by atoms with van der Waals surface area (Å²) in [7, 11) is 3.86. The molecule has 0 aliphatic carbocycles. The average molecular weight is 292 g/mol. The van der Waals surface area contributed by atoms with Crippen LogP contribution in [0.2, 0.25) is 5.02 Å². The molecule has 0 saturated carbocycles. The normalized spacial score (nSPS) is 10.4. The van der Waals surface area contributed by atoms with E-state index in [1.807, 2.05) is 31.1 Å². The second-order valence-electron chi connectivity index (χ2n) is 4.75. The number of Topliss-reactive ketones (excluding diaryl/α,β-unsaturated/α-hetero) is 1. The molecule has 0 atom stereocenters. The van der Waals surface area contributed by atoms with E-state index in [0.29, 0.717) is 11.1 Å². The number of hydrogen-bond acceptors (Lipinski definition) is 2. The largest absolute Gasteiger partial charge is 0.378 e. The Hall–Kier alpha value is -1.87. The molecule has 2 rings (SSSR count). The molecule has 0 fully saturated rings. The second kappa shape index (κ2) is 6.06. The van der Waals surface area contributed by atoms with Crippen LogP contribution in [0, 0.1) is 5.82 Å². The van der Waals surface area contributed by atoms with Crippen LogP contribution in [-0.2, 0) is 6.42 Å². The molecule has 0 radical (unpaired) electrons. The van der Waals surface area contributed by atoms with Crippen molar-refractivity contribution in [3.05, 3.63) is 64.4 Å². The number of hydrogen-bond donors (Lipinski definition) is 0. The van der Waals surface area contributed by atoms with E-state index in [-0.39, 0.29) is 17.2 Å². The zero-order valence-electron chi connectivity index (χ0n) is 11.4. The van der Waals surface area contributed by atoms with Crippen LogP contribution < -0.4 is 4.90 Å². The van der Waals surface area contributed by atoms with E-state index >= 15 is 0 Å². The van der Waals surface area contributed by atoms with Crippen LogP contribution in [0.1, 0.15) is 15.9 Å². The standard InChI is InChI=1S/C16H15ClFNO/c1-19(2)13-8-6-11(7-9-13)15(20)10-12-4-3-5-14(17)16(12)18/h3-9H,10H2,1-2H3. The van der Waals surface area contributed by atoms with Gasteiger partial charge < -0.3 is 4.90 Å². The molecule has 0 aromatic heterocycles. The number of anilines is 1. The zero-order chi connectivity index (χ0) is 14.7. The van der Waals surface area contributed by atoms with Crippen molar-refractivity contribution in [2.24, 2.45) is 0 Å². The molecule has 0 bridgehead atoms. The van der Waals surface area contributed by atoms with Gasteiger partial charge >= 0.3 is 0 Å². The van der Waals surface area contributed by atoms with Crippen molar-refractivity contribution < 1.29 is 9.18 Å². The summed E-state index contributed by atoms with van der Waals surface area (Å²) in [6, 6.07) is 11.9. The number of carbonyl (C=O) groups excluding carboxylic acids is 1. The molecule has 0 unspecified atom stereocenters. The lowest BCUT2D eigenvalue weighted by atomic mass is 10.0. The van der Waals surface area contributed by atoms with E-state index in [1.165, 1.54) is 6.07 Å². The number of carbonyl (C=O) groups is 1. The molecule has 2 aromatic carbocycles. The minimum absolute atomic E-state index is 0.00764. The maximum atomic E-state index is 13.8. The predicted molar refractivity (Wildman–Crippen MR) is 80.2 cm³/mol. The van der Waals surface area contributed by atoms with Crippen LogP contribution in [0.25, 0.3) is 0 Å². The molecule has 0 spiro atoms. The van der Waals surface area contributed by atoms with Gasteiger partial charge in [-0.1, -0.05) is 23.7 Å². The quantitative estimate of drug-likeness (QED) is 0.795. The molecule has 0 heterocycles. The Morgan fingerprint density at radius 1 is 1.15 bits per heavy atom. The lowest BCUT2D eigenvalue weighted by Gasteiger charge is -2.12. The molecular formula is C16H15ClFNO. The first kappa shape index (κ1) is 14.5. The van der Waals surface area contributed by atoms with Gasteiger partial charge in [0, 0.05) is 31.8 Å². The third-order valence-electron chi connectivity index (χ3n) is 3.09. The summed E-state index contributed by atoms with van der Waals surface area (Å²) in [6.07, 6.45) is 0.00764. The summed E-state index contributed by atoms with van der Waals surface area (Å²) in [5.74, 6) is -0.649. The zero-order valence-corrected chi connectivity index (χ0v) is 12.1. The minimum Gasteiger partial charge on any atom is -0.378 e. The van der Waals surface area contributed by atoms with Crippen molar-refractivity contribution in [1.82, 2.24) is 0 Å².